The predicted octanol–water partition coefficient (Wildman–Crippen LogP) is 5.32. The molecule has 0 spiro atoms. The number of hydrogen-bond acceptors (Lipinski definition) is 6. The lowest BCUT2D eigenvalue weighted by atomic mass is 9.99. The number of fused-ring (bicyclic) bond motifs is 1. The summed E-state index contributed by atoms with van der Waals surface area (Å²) >= 11 is 0. The summed E-state index contributed by atoms with van der Waals surface area (Å²) in [7, 11) is 0. The molecule has 204 valence electrons. The largest absolute Gasteiger partial charge is 0.405 e. The van der Waals surface area contributed by atoms with Crippen LogP contribution in [0.25, 0.3) is 33.4 Å². The number of aromatic amines is 1. The minimum atomic E-state index is -4.48. The highest BCUT2D eigenvalue weighted by Crippen LogP contribution is 2.32. The Morgan fingerprint density at radius 3 is 2.67 bits per heavy atom. The number of likely N-dealkylation sites (tertiary alicyclic amines) is 1. The third kappa shape index (κ3) is 6.19. The van der Waals surface area contributed by atoms with Crippen LogP contribution >= 0.6 is 0 Å². The van der Waals surface area contributed by atoms with Gasteiger partial charge in [-0.25, -0.2) is 9.97 Å². The number of rotatable bonds is 8. The van der Waals surface area contributed by atoms with Gasteiger partial charge in [0.15, 0.2) is 0 Å². The van der Waals surface area contributed by atoms with Crippen molar-refractivity contribution in [1.29, 1.82) is 0 Å². The molecule has 1 unspecified atom stereocenters. The summed E-state index contributed by atoms with van der Waals surface area (Å²) in [5.74, 6) is -0.522. The minimum Gasteiger partial charge on any atom is -0.357 e. The Labute approximate surface area is 224 Å². The second-order valence-corrected chi connectivity index (χ2v) is 9.86. The molecule has 1 aliphatic rings. The molecule has 1 aliphatic heterocycles. The van der Waals surface area contributed by atoms with Gasteiger partial charge in [-0.3, -0.25) is 14.7 Å². The van der Waals surface area contributed by atoms with Gasteiger partial charge in [0.2, 0.25) is 5.91 Å². The van der Waals surface area contributed by atoms with E-state index in [0.717, 1.165) is 35.2 Å². The van der Waals surface area contributed by atoms with E-state index in [4.69, 9.17) is 0 Å². The number of nitrogens with one attached hydrogen (secondary N) is 3. The second-order valence-electron chi connectivity index (χ2n) is 9.86. The van der Waals surface area contributed by atoms with E-state index >= 15 is 0 Å². The van der Waals surface area contributed by atoms with Crippen molar-refractivity contribution < 1.29 is 18.0 Å². The highest BCUT2D eigenvalue weighted by molar-refractivity contribution is 5.95. The summed E-state index contributed by atoms with van der Waals surface area (Å²) < 4.78 is 37.3. The van der Waals surface area contributed by atoms with Gasteiger partial charge in [-0.15, -0.1) is 0 Å². The van der Waals surface area contributed by atoms with Crippen LogP contribution in [0.5, 0.6) is 0 Å². The molecule has 3 aromatic heterocycles. The third-order valence-electron chi connectivity index (χ3n) is 7.05. The number of halogens is 3. The van der Waals surface area contributed by atoms with E-state index in [9.17, 15) is 18.0 Å². The maximum absolute atomic E-state index is 12.4. The third-order valence-corrected chi connectivity index (χ3v) is 7.05. The number of H-pyrrole nitrogens is 1. The Kier molecular flexibility index (Phi) is 7.51. The van der Waals surface area contributed by atoms with Crippen molar-refractivity contribution in [1.82, 2.24) is 30.2 Å². The van der Waals surface area contributed by atoms with Crippen LogP contribution in [0.2, 0.25) is 0 Å². The molecular weight excluding hydrogens is 507 g/mol. The SMILES string of the molecule is CC(c1cccc(-c2cnc3[nH]cc(-c4cncc(N[C@H](C)C(=O)NCC(F)(F)F)n4)c3c2)c1)N1CCCC1. The van der Waals surface area contributed by atoms with E-state index in [-0.39, 0.29) is 5.82 Å². The van der Waals surface area contributed by atoms with Crippen molar-refractivity contribution in [2.75, 3.05) is 25.0 Å². The zero-order valence-corrected chi connectivity index (χ0v) is 21.7. The lowest BCUT2D eigenvalue weighted by Gasteiger charge is -2.24. The summed E-state index contributed by atoms with van der Waals surface area (Å²) in [4.78, 5) is 31.1. The van der Waals surface area contributed by atoms with Crippen LogP contribution in [0, 0.1) is 0 Å². The van der Waals surface area contributed by atoms with E-state index in [0.29, 0.717) is 17.4 Å². The van der Waals surface area contributed by atoms with Gasteiger partial charge >= 0.3 is 6.18 Å². The second kappa shape index (κ2) is 11.0. The Hall–Kier alpha value is -3.99. The molecule has 2 atom stereocenters. The fourth-order valence-electron chi connectivity index (χ4n) is 4.88. The summed E-state index contributed by atoms with van der Waals surface area (Å²) in [6.07, 6.45) is 4.64. The maximum atomic E-state index is 12.4. The van der Waals surface area contributed by atoms with Crippen LogP contribution in [-0.2, 0) is 4.79 Å². The molecule has 0 radical (unpaired) electrons. The van der Waals surface area contributed by atoms with Crippen molar-refractivity contribution in [3.8, 4) is 22.4 Å². The van der Waals surface area contributed by atoms with E-state index in [1.807, 2.05) is 11.5 Å². The molecule has 5 rings (SSSR count). The number of aromatic nitrogens is 4. The van der Waals surface area contributed by atoms with E-state index in [2.05, 4.69) is 67.4 Å². The molecule has 0 saturated carbocycles. The minimum absolute atomic E-state index is 0.268. The van der Waals surface area contributed by atoms with Crippen LogP contribution in [0.4, 0.5) is 19.0 Å². The monoisotopic (exact) mass is 537 g/mol. The van der Waals surface area contributed by atoms with Crippen LogP contribution in [-0.4, -0.2) is 62.6 Å². The number of pyridine rings is 1. The summed E-state index contributed by atoms with van der Waals surface area (Å²) in [5, 5.41) is 5.54. The first kappa shape index (κ1) is 26.6. The number of hydrogen-bond donors (Lipinski definition) is 3. The number of benzene rings is 1. The van der Waals surface area contributed by atoms with Crippen molar-refractivity contribution in [2.24, 2.45) is 0 Å². The van der Waals surface area contributed by atoms with Crippen LogP contribution in [0.3, 0.4) is 0 Å². The average molecular weight is 538 g/mol. The molecule has 4 heterocycles. The number of amides is 1. The Balaban J connectivity index is 1.38. The van der Waals surface area contributed by atoms with Gasteiger partial charge in [0, 0.05) is 34.9 Å². The maximum Gasteiger partial charge on any atom is 0.405 e. The van der Waals surface area contributed by atoms with Crippen molar-refractivity contribution in [3.63, 3.8) is 0 Å². The number of carbonyl (C=O) groups excluding carboxylic acids is 1. The number of nitrogens with zero attached hydrogens (tertiary/aromatic N) is 4. The lowest BCUT2D eigenvalue weighted by Crippen LogP contribution is -2.42. The average Bonchev–Trinajstić information content (AvgIpc) is 3.61. The summed E-state index contributed by atoms with van der Waals surface area (Å²) in [5.41, 5.74) is 5.30. The molecule has 39 heavy (non-hydrogen) atoms. The number of alkyl halides is 3. The van der Waals surface area contributed by atoms with Crippen LogP contribution in [0.1, 0.15) is 38.3 Å². The molecule has 1 fully saturated rings. The van der Waals surface area contributed by atoms with Crippen molar-refractivity contribution in [3.05, 3.63) is 60.7 Å². The quantitative estimate of drug-likeness (QED) is 0.281. The first-order valence-corrected chi connectivity index (χ1v) is 12.9. The van der Waals surface area contributed by atoms with Crippen LogP contribution in [0.15, 0.2) is 55.1 Å². The van der Waals surface area contributed by atoms with Crippen LogP contribution < -0.4 is 10.6 Å². The topological polar surface area (TPSA) is 98.8 Å². The standard InChI is InChI=1S/C28H30F3N7O/c1-17(27(39)35-16-28(29,30)31)36-25-15-32-14-24(37-25)23-13-34-26-22(23)11-21(12-33-26)20-7-5-6-19(10-20)18(2)38-8-3-4-9-38/h5-7,10-15,17-18H,3-4,8-9,16H2,1-2H3,(H,33,34)(H,35,39)(H,36,37)/t17-,18?/m1/s1. The van der Waals surface area contributed by atoms with E-state index in [1.165, 1.54) is 31.5 Å². The summed E-state index contributed by atoms with van der Waals surface area (Å²) in [6, 6.07) is 9.99. The molecule has 1 saturated heterocycles. The Morgan fingerprint density at radius 2 is 1.90 bits per heavy atom. The first-order valence-electron chi connectivity index (χ1n) is 12.9. The highest BCUT2D eigenvalue weighted by atomic mass is 19.4. The van der Waals surface area contributed by atoms with Crippen molar-refractivity contribution in [2.45, 2.75) is 44.9 Å². The predicted molar refractivity (Wildman–Crippen MR) is 144 cm³/mol. The van der Waals surface area contributed by atoms with E-state index < -0.39 is 24.7 Å². The van der Waals surface area contributed by atoms with Gasteiger partial charge in [-0.2, -0.15) is 13.2 Å². The van der Waals surface area contributed by atoms with Gasteiger partial charge in [0.25, 0.3) is 0 Å². The molecule has 0 bridgehead atoms. The van der Waals surface area contributed by atoms with Gasteiger partial charge in [0.1, 0.15) is 24.1 Å². The first-order chi connectivity index (χ1) is 18.7. The van der Waals surface area contributed by atoms with Gasteiger partial charge in [0.05, 0.1) is 18.1 Å². The summed E-state index contributed by atoms with van der Waals surface area (Å²) in [6.45, 7) is 4.56. The molecule has 0 aliphatic carbocycles. The lowest BCUT2D eigenvalue weighted by molar-refractivity contribution is -0.138. The Morgan fingerprint density at radius 1 is 1.10 bits per heavy atom. The zero-order chi connectivity index (χ0) is 27.6. The van der Waals surface area contributed by atoms with E-state index in [1.54, 1.807) is 12.4 Å². The number of carbonyl (C=O) groups is 1. The zero-order valence-electron chi connectivity index (χ0n) is 21.7. The smallest absolute Gasteiger partial charge is 0.357 e. The fourth-order valence-corrected chi connectivity index (χ4v) is 4.88. The Bertz CT molecular complexity index is 1460. The fraction of sp³-hybridized carbons (Fsp3) is 0.357. The molecule has 1 aromatic carbocycles. The normalized spacial score (nSPS) is 15.8. The number of anilines is 1. The highest BCUT2D eigenvalue weighted by Gasteiger charge is 2.29. The van der Waals surface area contributed by atoms with Gasteiger partial charge in [-0.1, -0.05) is 18.2 Å². The van der Waals surface area contributed by atoms with Gasteiger partial charge < -0.3 is 15.6 Å². The molecule has 1 amide bonds. The van der Waals surface area contributed by atoms with Crippen molar-refractivity contribution >= 4 is 22.8 Å². The van der Waals surface area contributed by atoms with Gasteiger partial charge in [-0.05, 0) is 63.0 Å². The molecule has 3 N–H and O–H groups in total. The molecule has 8 nitrogen and oxygen atoms in total. The molecule has 11 heteroatoms. The molecule has 4 aromatic rings. The molecular formula is C28H30F3N7O.